The van der Waals surface area contributed by atoms with Crippen molar-refractivity contribution in [2.24, 2.45) is 5.92 Å². The zero-order valence-electron chi connectivity index (χ0n) is 22.0. The van der Waals surface area contributed by atoms with Crippen molar-refractivity contribution in [2.75, 3.05) is 34.0 Å². The molecule has 202 valence electrons. The lowest BCUT2D eigenvalue weighted by Crippen LogP contribution is -2.30. The highest BCUT2D eigenvalue weighted by Gasteiger charge is 2.28. The molecule has 0 aliphatic carbocycles. The number of hydrogen-bond donors (Lipinski definition) is 0. The van der Waals surface area contributed by atoms with Crippen LogP contribution in [0, 0.1) is 5.92 Å². The van der Waals surface area contributed by atoms with Crippen molar-refractivity contribution in [1.29, 1.82) is 0 Å². The number of esters is 2. The van der Waals surface area contributed by atoms with Gasteiger partial charge in [0, 0.05) is 6.61 Å². The molecule has 2 unspecified atom stereocenters. The number of aryl methyl sites for hydroxylation is 1. The van der Waals surface area contributed by atoms with Crippen LogP contribution in [0.2, 0.25) is 0 Å². The van der Waals surface area contributed by atoms with Crippen LogP contribution in [0.5, 0.6) is 11.5 Å². The monoisotopic (exact) mass is 514 g/mol. The fourth-order valence-electron chi connectivity index (χ4n) is 3.74. The Kier molecular flexibility index (Phi) is 13.8. The Morgan fingerprint density at radius 3 is 2.03 bits per heavy atom. The van der Waals surface area contributed by atoms with E-state index in [1.54, 1.807) is 0 Å². The molecule has 0 heterocycles. The van der Waals surface area contributed by atoms with Gasteiger partial charge in [0.15, 0.2) is 6.10 Å². The van der Waals surface area contributed by atoms with E-state index in [1.807, 2.05) is 54.6 Å². The van der Waals surface area contributed by atoms with E-state index in [0.29, 0.717) is 26.2 Å². The van der Waals surface area contributed by atoms with E-state index in [-0.39, 0.29) is 18.6 Å². The predicted molar refractivity (Wildman–Crippen MR) is 139 cm³/mol. The van der Waals surface area contributed by atoms with Gasteiger partial charge >= 0.3 is 11.9 Å². The summed E-state index contributed by atoms with van der Waals surface area (Å²) < 4.78 is 26.8. The number of ketones is 1. The minimum absolute atomic E-state index is 0.152. The van der Waals surface area contributed by atoms with Crippen molar-refractivity contribution in [1.82, 2.24) is 0 Å². The van der Waals surface area contributed by atoms with E-state index >= 15 is 0 Å². The van der Waals surface area contributed by atoms with Gasteiger partial charge in [0.25, 0.3) is 0 Å². The number of ether oxygens (including phenoxy) is 5. The van der Waals surface area contributed by atoms with Crippen LogP contribution in [0.1, 0.15) is 44.6 Å². The summed E-state index contributed by atoms with van der Waals surface area (Å²) in [6.07, 6.45) is 2.71. The highest BCUT2D eigenvalue weighted by atomic mass is 16.6. The molecule has 8 heteroatoms. The highest BCUT2D eigenvalue weighted by Crippen LogP contribution is 2.18. The number of benzene rings is 2. The van der Waals surface area contributed by atoms with Crippen LogP contribution in [0.4, 0.5) is 0 Å². The Bertz CT molecular complexity index is 959. The van der Waals surface area contributed by atoms with Crippen LogP contribution in [0.3, 0.4) is 0 Å². The van der Waals surface area contributed by atoms with Gasteiger partial charge in [-0.1, -0.05) is 30.3 Å². The van der Waals surface area contributed by atoms with E-state index < -0.39 is 24.0 Å². The second-order valence-corrected chi connectivity index (χ2v) is 8.61. The standard InChI is InChI=1S/C29H38O8/c1-22(30)26(28(31)33-2)16-17-27(29(32)34-3)37-20-10-12-23-11-9-15-25(21-23)36-19-8-7-18-35-24-13-5-4-6-14-24/h4-6,9,11,13-15,21,26-27H,7-8,10,12,16-20H2,1-3H3. The summed E-state index contributed by atoms with van der Waals surface area (Å²) in [5.41, 5.74) is 1.10. The Balaban J connectivity index is 1.70. The number of hydrogen-bond acceptors (Lipinski definition) is 8. The third-order valence-corrected chi connectivity index (χ3v) is 5.80. The summed E-state index contributed by atoms with van der Waals surface area (Å²) in [6, 6.07) is 17.7. The number of unbranched alkanes of at least 4 members (excludes halogenated alkanes) is 1. The van der Waals surface area contributed by atoms with Gasteiger partial charge < -0.3 is 23.7 Å². The maximum Gasteiger partial charge on any atom is 0.334 e. The van der Waals surface area contributed by atoms with Gasteiger partial charge in [-0.3, -0.25) is 9.59 Å². The molecule has 0 radical (unpaired) electrons. The molecular formula is C29H38O8. The van der Waals surface area contributed by atoms with Crippen LogP contribution in [0.15, 0.2) is 54.6 Å². The summed E-state index contributed by atoms with van der Waals surface area (Å²) >= 11 is 0. The predicted octanol–water partition coefficient (Wildman–Crippen LogP) is 4.57. The SMILES string of the molecule is COC(=O)C(CCC(C(C)=O)C(=O)OC)OCCCc1cccc(OCCCCOc2ccccc2)c1. The van der Waals surface area contributed by atoms with Crippen molar-refractivity contribution in [3.05, 3.63) is 60.2 Å². The van der Waals surface area contributed by atoms with Crippen molar-refractivity contribution in [3.8, 4) is 11.5 Å². The van der Waals surface area contributed by atoms with Crippen LogP contribution < -0.4 is 9.47 Å². The topological polar surface area (TPSA) is 97.4 Å². The van der Waals surface area contributed by atoms with Crippen molar-refractivity contribution >= 4 is 17.7 Å². The molecule has 0 aromatic heterocycles. The van der Waals surface area contributed by atoms with Gasteiger partial charge in [0.1, 0.15) is 23.2 Å². The minimum atomic E-state index is -0.917. The van der Waals surface area contributed by atoms with Gasteiger partial charge in [-0.15, -0.1) is 0 Å². The smallest absolute Gasteiger partial charge is 0.334 e. The van der Waals surface area contributed by atoms with Gasteiger partial charge in [0.2, 0.25) is 0 Å². The second kappa shape index (κ2) is 17.1. The molecule has 2 aromatic carbocycles. The van der Waals surface area contributed by atoms with E-state index in [4.69, 9.17) is 18.9 Å². The molecule has 2 atom stereocenters. The van der Waals surface area contributed by atoms with Gasteiger partial charge in [-0.05, 0) is 75.3 Å². The molecule has 0 aliphatic heterocycles. The lowest BCUT2D eigenvalue weighted by Gasteiger charge is -2.18. The first kappa shape index (κ1) is 29.8. The third kappa shape index (κ3) is 11.5. The van der Waals surface area contributed by atoms with E-state index in [1.165, 1.54) is 21.1 Å². The first-order valence-electron chi connectivity index (χ1n) is 12.6. The molecule has 37 heavy (non-hydrogen) atoms. The summed E-state index contributed by atoms with van der Waals surface area (Å²) in [4.78, 5) is 35.6. The average Bonchev–Trinajstić information content (AvgIpc) is 2.91. The Labute approximate surface area is 219 Å². The average molecular weight is 515 g/mol. The van der Waals surface area contributed by atoms with Crippen molar-refractivity contribution in [2.45, 2.75) is 51.6 Å². The van der Waals surface area contributed by atoms with Crippen molar-refractivity contribution in [3.63, 3.8) is 0 Å². The molecule has 0 N–H and O–H groups in total. The molecule has 2 rings (SSSR count). The minimum Gasteiger partial charge on any atom is -0.494 e. The maximum absolute atomic E-state index is 12.1. The van der Waals surface area contributed by atoms with Crippen LogP contribution in [-0.2, 0) is 35.0 Å². The number of Topliss-reactive ketones (excluding diaryl/α,β-unsaturated/α-hetero) is 1. The first-order valence-corrected chi connectivity index (χ1v) is 12.6. The Hall–Kier alpha value is -3.39. The second-order valence-electron chi connectivity index (χ2n) is 8.61. The molecule has 0 bridgehead atoms. The lowest BCUT2D eigenvalue weighted by molar-refractivity contribution is -0.157. The Morgan fingerprint density at radius 1 is 0.730 bits per heavy atom. The van der Waals surface area contributed by atoms with Gasteiger partial charge in [-0.25, -0.2) is 4.79 Å². The zero-order valence-corrected chi connectivity index (χ0v) is 22.0. The summed E-state index contributed by atoms with van der Waals surface area (Å²) in [7, 11) is 2.51. The first-order chi connectivity index (χ1) is 17.9. The summed E-state index contributed by atoms with van der Waals surface area (Å²) in [5, 5.41) is 0. The number of carbonyl (C=O) groups is 3. The molecule has 2 aromatic rings. The summed E-state index contributed by atoms with van der Waals surface area (Å²) in [6.45, 7) is 2.92. The fraction of sp³-hybridized carbons (Fsp3) is 0.483. The third-order valence-electron chi connectivity index (χ3n) is 5.80. The van der Waals surface area contributed by atoms with Crippen LogP contribution in [-0.4, -0.2) is 57.9 Å². The van der Waals surface area contributed by atoms with E-state index in [0.717, 1.165) is 36.3 Å². The molecule has 0 saturated heterocycles. The molecule has 0 aliphatic rings. The van der Waals surface area contributed by atoms with Gasteiger partial charge in [-0.2, -0.15) is 0 Å². The van der Waals surface area contributed by atoms with Crippen molar-refractivity contribution < 1.29 is 38.1 Å². The van der Waals surface area contributed by atoms with E-state index in [2.05, 4.69) is 4.74 Å². The van der Waals surface area contributed by atoms with E-state index in [9.17, 15) is 14.4 Å². The molecule has 0 saturated carbocycles. The maximum atomic E-state index is 12.1. The van der Waals surface area contributed by atoms with Gasteiger partial charge in [0.05, 0.1) is 27.4 Å². The molecule has 0 amide bonds. The molecule has 8 nitrogen and oxygen atoms in total. The summed E-state index contributed by atoms with van der Waals surface area (Å²) in [5.74, 6) is -0.680. The number of rotatable bonds is 18. The fourth-order valence-corrected chi connectivity index (χ4v) is 3.74. The molecule has 0 spiro atoms. The highest BCUT2D eigenvalue weighted by molar-refractivity contribution is 5.97. The lowest BCUT2D eigenvalue weighted by atomic mass is 9.97. The normalized spacial score (nSPS) is 12.3. The zero-order chi connectivity index (χ0) is 26.9. The van der Waals surface area contributed by atoms with Crippen LogP contribution >= 0.6 is 0 Å². The number of methoxy groups -OCH3 is 2. The van der Waals surface area contributed by atoms with Crippen LogP contribution in [0.25, 0.3) is 0 Å². The number of para-hydroxylation sites is 1. The Morgan fingerprint density at radius 2 is 1.38 bits per heavy atom. The largest absolute Gasteiger partial charge is 0.494 e. The quantitative estimate of drug-likeness (QED) is 0.162. The molecular weight excluding hydrogens is 476 g/mol. The number of carbonyl (C=O) groups excluding carboxylic acids is 3. The molecule has 0 fully saturated rings.